The van der Waals surface area contributed by atoms with Crippen molar-refractivity contribution in [2.45, 2.75) is 31.1 Å². The van der Waals surface area contributed by atoms with E-state index in [2.05, 4.69) is 150 Å². The van der Waals surface area contributed by atoms with Gasteiger partial charge in [-0.15, -0.1) is 0 Å². The molecule has 0 spiro atoms. The van der Waals surface area contributed by atoms with E-state index in [0.29, 0.717) is 54.8 Å². The Kier molecular flexibility index (Phi) is 11.7. The van der Waals surface area contributed by atoms with Crippen LogP contribution in [0.5, 0.6) is 0 Å². The lowest BCUT2D eigenvalue weighted by Gasteiger charge is -2.24. The molecule has 0 amide bonds. The summed E-state index contributed by atoms with van der Waals surface area (Å²) in [6.45, 7) is 0. The Morgan fingerprint density at radius 1 is 0.347 bits per heavy atom. The molecule has 0 atom stereocenters. The molecule has 4 aliphatic rings. The van der Waals surface area contributed by atoms with Crippen LogP contribution in [-0.4, -0.2) is 15.0 Å². The van der Waals surface area contributed by atoms with Crippen LogP contribution < -0.4 is 0 Å². The molecule has 0 radical (unpaired) electrons. The predicted octanol–water partition coefficient (Wildman–Crippen LogP) is 15.8. The van der Waals surface area contributed by atoms with Gasteiger partial charge in [0.25, 0.3) is 0 Å². The first-order valence-electron chi connectivity index (χ1n) is 24.5. The highest BCUT2D eigenvalue weighted by Gasteiger charge is 2.49. The van der Waals surface area contributed by atoms with E-state index in [4.69, 9.17) is 4.98 Å². The highest BCUT2D eigenvalue weighted by Crippen LogP contribution is 2.55. The summed E-state index contributed by atoms with van der Waals surface area (Å²) in [6, 6.07) is 51.5. The van der Waals surface area contributed by atoms with Gasteiger partial charge in [-0.05, 0) is 147 Å². The van der Waals surface area contributed by atoms with E-state index in [0.717, 1.165) is 84.6 Å². The van der Waals surface area contributed by atoms with E-state index in [1.165, 1.54) is 24.3 Å². The Hall–Kier alpha value is -8.29. The second-order valence-corrected chi connectivity index (χ2v) is 19.2. The maximum absolute atomic E-state index is 14.7. The molecule has 13 rings (SSSR count). The second kappa shape index (κ2) is 18.8. The Morgan fingerprint density at radius 3 is 1.38 bits per heavy atom. The maximum Gasteiger partial charge on any atom is 0.135 e. The third-order valence-electron chi connectivity index (χ3n) is 14.7. The molecule has 350 valence electrons. The van der Waals surface area contributed by atoms with Crippen molar-refractivity contribution >= 4 is 0 Å². The van der Waals surface area contributed by atoms with Gasteiger partial charge in [-0.2, -0.15) is 0 Å². The minimum atomic E-state index is -0.651. The summed E-state index contributed by atoms with van der Waals surface area (Å²) in [6.07, 6.45) is 22.6. The van der Waals surface area contributed by atoms with E-state index in [9.17, 15) is 17.6 Å². The first-order valence-corrected chi connectivity index (χ1v) is 24.5. The minimum Gasteiger partial charge on any atom is -0.259 e. The molecular weight excluding hydrogens is 899 g/mol. The zero-order valence-corrected chi connectivity index (χ0v) is 39.2. The molecule has 3 nitrogen and oxygen atoms in total. The Labute approximate surface area is 416 Å². The summed E-state index contributed by atoms with van der Waals surface area (Å²) < 4.78 is 56.7. The lowest BCUT2D eigenvalue weighted by molar-refractivity contribution is 0.584. The number of pyridine rings is 3. The quantitative estimate of drug-likeness (QED) is 0.0854. The van der Waals surface area contributed by atoms with Crippen LogP contribution in [0.4, 0.5) is 17.6 Å². The Morgan fingerprint density at radius 2 is 0.847 bits per heavy atom. The third-order valence-corrected chi connectivity index (χ3v) is 14.7. The molecule has 4 bridgehead atoms. The first-order chi connectivity index (χ1) is 35.2. The van der Waals surface area contributed by atoms with Gasteiger partial charge in [0.15, 0.2) is 0 Å². The molecule has 72 heavy (non-hydrogen) atoms. The highest BCUT2D eigenvalue weighted by atomic mass is 19.1. The van der Waals surface area contributed by atoms with Crippen molar-refractivity contribution in [2.75, 3.05) is 0 Å². The van der Waals surface area contributed by atoms with E-state index in [1.807, 2.05) is 18.2 Å². The van der Waals surface area contributed by atoms with Gasteiger partial charge >= 0.3 is 0 Å². The molecule has 1 saturated carbocycles. The number of hydrogen-bond donors (Lipinski definition) is 0. The molecule has 3 heterocycles. The summed E-state index contributed by atoms with van der Waals surface area (Å²) in [7, 11) is 0. The van der Waals surface area contributed by atoms with Gasteiger partial charge < -0.3 is 0 Å². The zero-order valence-electron chi connectivity index (χ0n) is 39.2. The van der Waals surface area contributed by atoms with Crippen molar-refractivity contribution in [2.24, 2.45) is 17.8 Å². The number of rotatable bonds is 13. The normalized spacial score (nSPS) is 18.2. The van der Waals surface area contributed by atoms with Crippen LogP contribution in [0.3, 0.4) is 0 Å². The molecule has 0 aliphatic heterocycles. The van der Waals surface area contributed by atoms with Crippen molar-refractivity contribution in [1.29, 1.82) is 0 Å². The fourth-order valence-electron chi connectivity index (χ4n) is 10.6. The average Bonchev–Trinajstić information content (AvgIpc) is 4.20. The Balaban J connectivity index is 0.912. The lowest BCUT2D eigenvalue weighted by atomic mass is 9.81. The van der Waals surface area contributed by atoms with Crippen LogP contribution in [0, 0.1) is 41.0 Å². The van der Waals surface area contributed by atoms with E-state index < -0.39 is 28.7 Å². The zero-order chi connectivity index (χ0) is 48.8. The molecule has 0 saturated heterocycles. The lowest BCUT2D eigenvalue weighted by Crippen LogP contribution is -2.19. The predicted molar refractivity (Wildman–Crippen MR) is 280 cm³/mol. The molecule has 4 aliphatic carbocycles. The molecule has 7 heteroatoms. The van der Waals surface area contributed by atoms with E-state index >= 15 is 0 Å². The van der Waals surface area contributed by atoms with Gasteiger partial charge in [-0.1, -0.05) is 146 Å². The number of aromatic nitrogens is 3. The summed E-state index contributed by atoms with van der Waals surface area (Å²) in [4.78, 5) is 14.4. The molecular formula is C65H47F4N3. The van der Waals surface area contributed by atoms with Gasteiger partial charge in [0.05, 0.1) is 22.5 Å². The second-order valence-electron chi connectivity index (χ2n) is 19.2. The van der Waals surface area contributed by atoms with Crippen molar-refractivity contribution < 1.29 is 17.6 Å². The van der Waals surface area contributed by atoms with Crippen molar-refractivity contribution in [3.05, 3.63) is 270 Å². The van der Waals surface area contributed by atoms with E-state index in [1.54, 1.807) is 24.5 Å². The SMILES string of the molecule is Fc1ccc(-c2ccc(CCc3cc(CCc4ccc(-c5ccc(F)cc5F)nc4)cc(-c4ccccc4-c4cnc(C56C=CC7C(C=C5)C7C=C6)cc4-c4ccc(-c5ccccc5)cc4)c3)cn2)c(F)c1. The van der Waals surface area contributed by atoms with Crippen LogP contribution in [0.2, 0.25) is 0 Å². The maximum atomic E-state index is 14.7. The van der Waals surface area contributed by atoms with Crippen molar-refractivity contribution in [3.8, 4) is 67.0 Å². The van der Waals surface area contributed by atoms with Gasteiger partial charge in [0.1, 0.15) is 23.3 Å². The monoisotopic (exact) mass is 945 g/mol. The van der Waals surface area contributed by atoms with Gasteiger partial charge in [-0.25, -0.2) is 17.6 Å². The van der Waals surface area contributed by atoms with Crippen molar-refractivity contribution in [3.63, 3.8) is 0 Å². The standard InChI is InChI=1S/C65H47F4N3/c66-49-20-22-56(60(68)35-49)62-24-14-41(38-70-62)10-12-43-32-44(13-11-42-15-25-63(71-39-42)57-23-21-50(67)36-61(57)69)34-48(33-43)51-8-4-5-9-52(51)59-40-72-64(65-29-26-53-54(27-30-65)55(53)28-31-65)37-58(59)47-18-16-46(17-19-47)45-6-2-1-3-7-45/h1-9,14-40,53-55H,10-13H2. The number of allylic oxidation sites excluding steroid dienone is 6. The molecule has 1 fully saturated rings. The van der Waals surface area contributed by atoms with Gasteiger partial charge in [0, 0.05) is 47.4 Å². The highest BCUT2D eigenvalue weighted by molar-refractivity contribution is 5.92. The largest absolute Gasteiger partial charge is 0.259 e. The number of aryl methyl sites for hydroxylation is 4. The molecule has 3 aromatic heterocycles. The van der Waals surface area contributed by atoms with Gasteiger partial charge in [-0.3, -0.25) is 15.0 Å². The topological polar surface area (TPSA) is 38.7 Å². The molecule has 0 unspecified atom stereocenters. The van der Waals surface area contributed by atoms with Crippen molar-refractivity contribution in [1.82, 2.24) is 15.0 Å². The smallest absolute Gasteiger partial charge is 0.135 e. The molecule has 9 aromatic rings. The first kappa shape index (κ1) is 44.9. The summed E-state index contributed by atoms with van der Waals surface area (Å²) in [5.41, 5.74) is 14.9. The molecule has 6 aromatic carbocycles. The van der Waals surface area contributed by atoms with Crippen LogP contribution in [0.15, 0.2) is 219 Å². The fraction of sp³-hybridized carbons (Fsp3) is 0.123. The van der Waals surface area contributed by atoms with Gasteiger partial charge in [0.2, 0.25) is 0 Å². The number of halogens is 4. The van der Waals surface area contributed by atoms with Crippen LogP contribution in [0.1, 0.15) is 27.9 Å². The van der Waals surface area contributed by atoms with Crippen LogP contribution in [0.25, 0.3) is 67.0 Å². The summed E-state index contributed by atoms with van der Waals surface area (Å²) >= 11 is 0. The number of benzene rings is 6. The van der Waals surface area contributed by atoms with Crippen LogP contribution >= 0.6 is 0 Å². The van der Waals surface area contributed by atoms with Crippen LogP contribution in [-0.2, 0) is 31.1 Å². The Bertz CT molecular complexity index is 3410. The van der Waals surface area contributed by atoms with E-state index in [-0.39, 0.29) is 11.1 Å². The number of hydrogen-bond acceptors (Lipinski definition) is 3. The summed E-state index contributed by atoms with van der Waals surface area (Å²) in [5, 5.41) is 0. The average molecular weight is 946 g/mol. The minimum absolute atomic E-state index is 0.252. The number of nitrogens with zero attached hydrogens (tertiary/aromatic N) is 3. The third kappa shape index (κ3) is 8.92. The fourth-order valence-corrected chi connectivity index (χ4v) is 10.6. The molecule has 0 N–H and O–H groups in total. The summed E-state index contributed by atoms with van der Waals surface area (Å²) in [5.74, 6) is -0.880.